The fourth-order valence-corrected chi connectivity index (χ4v) is 2.66. The van der Waals surface area contributed by atoms with Crippen molar-refractivity contribution in [3.8, 4) is 5.75 Å². The molecule has 0 aliphatic rings. The number of likely N-dealkylation sites (N-methyl/N-ethyl adjacent to an activating group) is 1. The molecule has 140 valence electrons. The van der Waals surface area contributed by atoms with Crippen LogP contribution in [0.4, 0.5) is 13.2 Å². The number of carbonyl (C=O) groups is 1. The number of amides is 1. The monoisotopic (exact) mass is 366 g/mol. The molecule has 0 spiro atoms. The Kier molecular flexibility index (Phi) is 6.26. The summed E-state index contributed by atoms with van der Waals surface area (Å²) in [5, 5.41) is 2.61. The predicted molar refractivity (Wildman–Crippen MR) is 93.2 cm³/mol. The predicted octanol–water partition coefficient (Wildman–Crippen LogP) is 3.75. The van der Waals surface area contributed by atoms with Crippen LogP contribution in [0.5, 0.6) is 5.75 Å². The molecule has 0 saturated carbocycles. The van der Waals surface area contributed by atoms with Crippen LogP contribution in [-0.4, -0.2) is 38.6 Å². The van der Waals surface area contributed by atoms with Crippen LogP contribution < -0.4 is 10.1 Å². The van der Waals surface area contributed by atoms with Gasteiger partial charge in [-0.15, -0.1) is 0 Å². The van der Waals surface area contributed by atoms with Gasteiger partial charge in [0.15, 0.2) is 0 Å². The molecule has 0 fully saturated rings. The fraction of sp³-hybridized carbons (Fsp3) is 0.316. The van der Waals surface area contributed by atoms with Crippen molar-refractivity contribution in [2.45, 2.75) is 12.2 Å². The largest absolute Gasteiger partial charge is 0.497 e. The number of nitrogens with zero attached hydrogens (tertiary/aromatic N) is 1. The van der Waals surface area contributed by atoms with Crippen molar-refractivity contribution in [3.05, 3.63) is 65.2 Å². The molecule has 0 heterocycles. The summed E-state index contributed by atoms with van der Waals surface area (Å²) in [5.74, 6) is -0.0873. The quantitative estimate of drug-likeness (QED) is 0.847. The first-order valence-electron chi connectivity index (χ1n) is 7.99. The Hall–Kier alpha value is -2.54. The zero-order chi connectivity index (χ0) is 19.3. The SMILES string of the molecule is COc1cccc(C(CNC(=O)c2ccccc2C(F)(F)F)N(C)C)c1. The highest BCUT2D eigenvalue weighted by atomic mass is 19.4. The van der Waals surface area contributed by atoms with E-state index in [1.165, 1.54) is 18.2 Å². The number of nitrogens with one attached hydrogen (secondary N) is 1. The molecule has 1 N–H and O–H groups in total. The molecule has 1 amide bonds. The van der Waals surface area contributed by atoms with Gasteiger partial charge in [-0.3, -0.25) is 4.79 Å². The van der Waals surface area contributed by atoms with Crippen molar-refractivity contribution >= 4 is 5.91 Å². The van der Waals surface area contributed by atoms with Crippen molar-refractivity contribution in [2.24, 2.45) is 0 Å². The molecule has 2 aromatic rings. The van der Waals surface area contributed by atoms with Gasteiger partial charge in [-0.05, 0) is 43.9 Å². The highest BCUT2D eigenvalue weighted by molar-refractivity contribution is 5.95. The van der Waals surface area contributed by atoms with Gasteiger partial charge in [-0.25, -0.2) is 0 Å². The molecule has 0 saturated heterocycles. The second-order valence-corrected chi connectivity index (χ2v) is 6.01. The summed E-state index contributed by atoms with van der Waals surface area (Å²) in [6, 6.07) is 11.9. The Balaban J connectivity index is 2.19. The van der Waals surface area contributed by atoms with Crippen LogP contribution in [0.3, 0.4) is 0 Å². The first kappa shape index (κ1) is 19.8. The van der Waals surface area contributed by atoms with Crippen LogP contribution in [0.25, 0.3) is 0 Å². The Labute approximate surface area is 150 Å². The van der Waals surface area contributed by atoms with Gasteiger partial charge < -0.3 is 15.0 Å². The van der Waals surface area contributed by atoms with Crippen molar-refractivity contribution in [3.63, 3.8) is 0 Å². The Morgan fingerprint density at radius 3 is 2.46 bits per heavy atom. The average Bonchev–Trinajstić information content (AvgIpc) is 2.61. The van der Waals surface area contributed by atoms with E-state index in [0.717, 1.165) is 11.6 Å². The van der Waals surface area contributed by atoms with Crippen molar-refractivity contribution in [1.82, 2.24) is 10.2 Å². The second kappa shape index (κ2) is 8.23. The maximum absolute atomic E-state index is 13.1. The van der Waals surface area contributed by atoms with Crippen molar-refractivity contribution < 1.29 is 22.7 Å². The van der Waals surface area contributed by atoms with Gasteiger partial charge in [0.05, 0.1) is 24.3 Å². The summed E-state index contributed by atoms with van der Waals surface area (Å²) < 4.78 is 44.4. The van der Waals surface area contributed by atoms with Gasteiger partial charge in [-0.2, -0.15) is 13.2 Å². The maximum atomic E-state index is 13.1. The highest BCUT2D eigenvalue weighted by Gasteiger charge is 2.34. The second-order valence-electron chi connectivity index (χ2n) is 6.01. The van der Waals surface area contributed by atoms with E-state index in [1.54, 1.807) is 13.2 Å². The molecule has 2 rings (SSSR count). The van der Waals surface area contributed by atoms with Crippen LogP contribution in [-0.2, 0) is 6.18 Å². The van der Waals surface area contributed by atoms with Gasteiger partial charge in [0.1, 0.15) is 5.75 Å². The van der Waals surface area contributed by atoms with Crippen LogP contribution in [0.15, 0.2) is 48.5 Å². The lowest BCUT2D eigenvalue weighted by Gasteiger charge is -2.25. The average molecular weight is 366 g/mol. The number of hydrogen-bond donors (Lipinski definition) is 1. The van der Waals surface area contributed by atoms with E-state index in [0.29, 0.717) is 5.75 Å². The summed E-state index contributed by atoms with van der Waals surface area (Å²) in [7, 11) is 5.22. The van der Waals surface area contributed by atoms with Gasteiger partial charge in [0.2, 0.25) is 0 Å². The van der Waals surface area contributed by atoms with Crippen LogP contribution in [0.2, 0.25) is 0 Å². The van der Waals surface area contributed by atoms with E-state index in [4.69, 9.17) is 4.74 Å². The summed E-state index contributed by atoms with van der Waals surface area (Å²) >= 11 is 0. The molecule has 1 atom stereocenters. The summed E-state index contributed by atoms with van der Waals surface area (Å²) in [6.45, 7) is 0.158. The number of alkyl halides is 3. The fourth-order valence-electron chi connectivity index (χ4n) is 2.66. The molecule has 26 heavy (non-hydrogen) atoms. The van der Waals surface area contributed by atoms with Gasteiger partial charge >= 0.3 is 6.18 Å². The molecule has 0 bridgehead atoms. The Morgan fingerprint density at radius 2 is 1.85 bits per heavy atom. The van der Waals surface area contributed by atoms with Crippen molar-refractivity contribution in [2.75, 3.05) is 27.7 Å². The van der Waals surface area contributed by atoms with Crippen LogP contribution in [0, 0.1) is 0 Å². The number of methoxy groups -OCH3 is 1. The zero-order valence-corrected chi connectivity index (χ0v) is 14.8. The molecule has 1 unspecified atom stereocenters. The first-order chi connectivity index (χ1) is 12.2. The van der Waals surface area contributed by atoms with Gasteiger partial charge in [0.25, 0.3) is 5.91 Å². The molecule has 0 aliphatic heterocycles. The minimum atomic E-state index is -4.58. The van der Waals surface area contributed by atoms with Gasteiger partial charge in [0, 0.05) is 6.54 Å². The molecule has 7 heteroatoms. The van der Waals surface area contributed by atoms with E-state index in [9.17, 15) is 18.0 Å². The standard InChI is InChI=1S/C19H21F3N2O2/c1-24(2)17(13-7-6-8-14(11-13)26-3)12-23-18(25)15-9-4-5-10-16(15)19(20,21)22/h4-11,17H,12H2,1-3H3,(H,23,25). The lowest BCUT2D eigenvalue weighted by molar-refractivity contribution is -0.137. The smallest absolute Gasteiger partial charge is 0.417 e. The summed E-state index contributed by atoms with van der Waals surface area (Å²) in [6.07, 6.45) is -4.58. The Morgan fingerprint density at radius 1 is 1.15 bits per heavy atom. The normalized spacial score (nSPS) is 12.7. The number of halogens is 3. The number of hydrogen-bond acceptors (Lipinski definition) is 3. The first-order valence-corrected chi connectivity index (χ1v) is 7.99. The van der Waals surface area contributed by atoms with Crippen LogP contribution in [0.1, 0.15) is 27.5 Å². The van der Waals surface area contributed by atoms with E-state index in [2.05, 4.69) is 5.32 Å². The zero-order valence-electron chi connectivity index (χ0n) is 14.8. The molecule has 2 aromatic carbocycles. The lowest BCUT2D eigenvalue weighted by atomic mass is 10.0. The number of rotatable bonds is 6. The molecule has 4 nitrogen and oxygen atoms in total. The number of benzene rings is 2. The molecular weight excluding hydrogens is 345 g/mol. The highest BCUT2D eigenvalue weighted by Crippen LogP contribution is 2.32. The third-order valence-corrected chi connectivity index (χ3v) is 4.03. The molecular formula is C19H21F3N2O2. The Bertz CT molecular complexity index is 760. The molecule has 0 radical (unpaired) electrons. The molecule has 0 aliphatic carbocycles. The van der Waals surface area contributed by atoms with E-state index in [-0.39, 0.29) is 18.2 Å². The molecule has 0 aromatic heterocycles. The van der Waals surface area contributed by atoms with E-state index in [1.807, 2.05) is 37.2 Å². The third-order valence-electron chi connectivity index (χ3n) is 4.03. The summed E-state index contributed by atoms with van der Waals surface area (Å²) in [5.41, 5.74) is -0.442. The summed E-state index contributed by atoms with van der Waals surface area (Å²) in [4.78, 5) is 14.2. The van der Waals surface area contributed by atoms with E-state index < -0.39 is 17.6 Å². The minimum absolute atomic E-state index is 0.158. The topological polar surface area (TPSA) is 41.6 Å². The van der Waals surface area contributed by atoms with Gasteiger partial charge in [-0.1, -0.05) is 24.3 Å². The number of ether oxygens (including phenoxy) is 1. The third kappa shape index (κ3) is 4.76. The lowest BCUT2D eigenvalue weighted by Crippen LogP contribution is -2.35. The maximum Gasteiger partial charge on any atom is 0.417 e. The minimum Gasteiger partial charge on any atom is -0.497 e. The van der Waals surface area contributed by atoms with Crippen LogP contribution >= 0.6 is 0 Å². The van der Waals surface area contributed by atoms with E-state index >= 15 is 0 Å². The number of carbonyl (C=O) groups excluding carboxylic acids is 1. The van der Waals surface area contributed by atoms with Crippen molar-refractivity contribution in [1.29, 1.82) is 0 Å².